The molecule has 3 N–H and O–H groups in total. The second-order valence-corrected chi connectivity index (χ2v) is 4.13. The Hall–Kier alpha value is -1.95. The number of hydrogen-bond donors (Lipinski definition) is 2. The average Bonchev–Trinajstić information content (AvgIpc) is 2.35. The first-order chi connectivity index (χ1) is 8.43. The van der Waals surface area contributed by atoms with Gasteiger partial charge in [-0.2, -0.15) is 0 Å². The third-order valence-corrected chi connectivity index (χ3v) is 2.57. The lowest BCUT2D eigenvalue weighted by molar-refractivity contribution is -0.150. The molecule has 0 aromatic carbocycles. The number of carbonyl (C=O) groups is 2. The van der Waals surface area contributed by atoms with Gasteiger partial charge in [-0.3, -0.25) is 9.78 Å². The van der Waals surface area contributed by atoms with E-state index in [1.807, 2.05) is 0 Å². The van der Waals surface area contributed by atoms with Crippen molar-refractivity contribution in [2.45, 2.75) is 32.5 Å². The molecular weight excluding hydrogens is 234 g/mol. The van der Waals surface area contributed by atoms with Crippen LogP contribution >= 0.6 is 0 Å². The van der Waals surface area contributed by atoms with Crippen LogP contribution in [-0.2, 0) is 16.1 Å². The highest BCUT2D eigenvalue weighted by Crippen LogP contribution is 2.09. The van der Waals surface area contributed by atoms with Crippen molar-refractivity contribution in [3.05, 3.63) is 30.1 Å². The van der Waals surface area contributed by atoms with E-state index in [1.165, 1.54) is 18.7 Å². The van der Waals surface area contributed by atoms with E-state index in [2.05, 4.69) is 4.98 Å². The lowest BCUT2D eigenvalue weighted by Gasteiger charge is -2.28. The fourth-order valence-electron chi connectivity index (χ4n) is 1.49. The van der Waals surface area contributed by atoms with Crippen LogP contribution in [0.1, 0.15) is 19.4 Å². The summed E-state index contributed by atoms with van der Waals surface area (Å²) in [5.74, 6) is -1.46. The topological polar surface area (TPSA) is 96.5 Å². The molecule has 2 atom stereocenters. The molecule has 0 aliphatic heterocycles. The first-order valence-electron chi connectivity index (χ1n) is 5.61. The molecule has 1 rings (SSSR count). The molecule has 18 heavy (non-hydrogen) atoms. The van der Waals surface area contributed by atoms with Gasteiger partial charge in [0.05, 0.1) is 6.04 Å². The van der Waals surface area contributed by atoms with Crippen LogP contribution in [0.3, 0.4) is 0 Å². The Labute approximate surface area is 105 Å². The van der Waals surface area contributed by atoms with Crippen LogP contribution in [0.4, 0.5) is 0 Å². The van der Waals surface area contributed by atoms with Crippen molar-refractivity contribution >= 4 is 11.9 Å². The van der Waals surface area contributed by atoms with E-state index < -0.39 is 24.0 Å². The maximum Gasteiger partial charge on any atom is 0.326 e. The fourth-order valence-corrected chi connectivity index (χ4v) is 1.49. The molecule has 98 valence electrons. The van der Waals surface area contributed by atoms with E-state index in [0.717, 1.165) is 5.56 Å². The van der Waals surface area contributed by atoms with Gasteiger partial charge in [0.25, 0.3) is 0 Å². The predicted molar refractivity (Wildman–Crippen MR) is 65.5 cm³/mol. The van der Waals surface area contributed by atoms with E-state index in [1.54, 1.807) is 24.5 Å². The number of nitrogens with two attached hydrogens (primary N) is 1. The minimum absolute atomic E-state index is 0.182. The normalized spacial score (nSPS) is 13.7. The highest BCUT2D eigenvalue weighted by molar-refractivity contribution is 5.86. The van der Waals surface area contributed by atoms with Crippen LogP contribution in [0, 0.1) is 0 Å². The largest absolute Gasteiger partial charge is 0.480 e. The van der Waals surface area contributed by atoms with E-state index in [0.29, 0.717) is 0 Å². The summed E-state index contributed by atoms with van der Waals surface area (Å²) in [7, 11) is 0. The van der Waals surface area contributed by atoms with Crippen molar-refractivity contribution in [2.24, 2.45) is 5.73 Å². The van der Waals surface area contributed by atoms with Gasteiger partial charge in [-0.1, -0.05) is 6.07 Å². The van der Waals surface area contributed by atoms with Crippen molar-refractivity contribution in [3.63, 3.8) is 0 Å². The van der Waals surface area contributed by atoms with Crippen molar-refractivity contribution in [1.82, 2.24) is 9.88 Å². The van der Waals surface area contributed by atoms with Crippen LogP contribution in [0.2, 0.25) is 0 Å². The highest BCUT2D eigenvalue weighted by atomic mass is 16.4. The van der Waals surface area contributed by atoms with Gasteiger partial charge in [0.15, 0.2) is 0 Å². The highest BCUT2D eigenvalue weighted by Gasteiger charge is 2.27. The second-order valence-electron chi connectivity index (χ2n) is 4.13. The summed E-state index contributed by atoms with van der Waals surface area (Å²) in [6, 6.07) is 1.85. The molecule has 0 bridgehead atoms. The van der Waals surface area contributed by atoms with Crippen molar-refractivity contribution in [1.29, 1.82) is 0 Å². The maximum atomic E-state index is 11.9. The molecule has 0 fully saturated rings. The second kappa shape index (κ2) is 6.11. The van der Waals surface area contributed by atoms with E-state index in [4.69, 9.17) is 10.8 Å². The first-order valence-corrected chi connectivity index (χ1v) is 5.61. The van der Waals surface area contributed by atoms with Crippen LogP contribution in [0.25, 0.3) is 0 Å². The third kappa shape index (κ3) is 3.53. The van der Waals surface area contributed by atoms with Gasteiger partial charge in [-0.05, 0) is 25.5 Å². The Bertz CT molecular complexity index is 420. The number of carboxylic acid groups (broad SMARTS) is 1. The summed E-state index contributed by atoms with van der Waals surface area (Å²) in [4.78, 5) is 28.1. The zero-order valence-corrected chi connectivity index (χ0v) is 10.4. The predicted octanol–water partition coefficient (Wildman–Crippen LogP) is 0.230. The van der Waals surface area contributed by atoms with E-state index >= 15 is 0 Å². The number of aromatic nitrogens is 1. The smallest absolute Gasteiger partial charge is 0.326 e. The molecule has 6 nitrogen and oxygen atoms in total. The Morgan fingerprint density at radius 1 is 1.50 bits per heavy atom. The van der Waals surface area contributed by atoms with Gasteiger partial charge < -0.3 is 15.7 Å². The third-order valence-electron chi connectivity index (χ3n) is 2.57. The van der Waals surface area contributed by atoms with Gasteiger partial charge in [0.2, 0.25) is 5.91 Å². The number of carbonyl (C=O) groups excluding carboxylic acids is 1. The van der Waals surface area contributed by atoms with Crippen LogP contribution in [-0.4, -0.2) is 39.0 Å². The van der Waals surface area contributed by atoms with Gasteiger partial charge in [0, 0.05) is 18.9 Å². The Morgan fingerprint density at radius 3 is 2.61 bits per heavy atom. The number of nitrogens with zero attached hydrogens (tertiary/aromatic N) is 2. The summed E-state index contributed by atoms with van der Waals surface area (Å²) in [5.41, 5.74) is 6.29. The lowest BCUT2D eigenvalue weighted by Crippen LogP contribution is -2.48. The van der Waals surface area contributed by atoms with Crippen LogP contribution in [0.5, 0.6) is 0 Å². The molecule has 0 spiro atoms. The molecule has 1 heterocycles. The standard InChI is InChI=1S/C12H17N3O3/c1-8(13)11(16)15(9(2)12(17)18)7-10-4-3-5-14-6-10/h3-6,8-9H,7,13H2,1-2H3,(H,17,18)/t8-,9-/m0/s1. The van der Waals surface area contributed by atoms with Crippen LogP contribution in [0.15, 0.2) is 24.5 Å². The zero-order chi connectivity index (χ0) is 13.7. The number of rotatable bonds is 5. The summed E-state index contributed by atoms with van der Waals surface area (Å²) in [6.07, 6.45) is 3.21. The molecule has 0 saturated heterocycles. The number of amides is 1. The molecule has 0 radical (unpaired) electrons. The van der Waals surface area contributed by atoms with Gasteiger partial charge in [-0.25, -0.2) is 4.79 Å². The summed E-state index contributed by atoms with van der Waals surface area (Å²) >= 11 is 0. The number of carboxylic acids is 1. The van der Waals surface area contributed by atoms with Gasteiger partial charge in [0.1, 0.15) is 6.04 Å². The van der Waals surface area contributed by atoms with Gasteiger partial charge >= 0.3 is 5.97 Å². The van der Waals surface area contributed by atoms with Crippen molar-refractivity contribution in [2.75, 3.05) is 0 Å². The Balaban J connectivity index is 2.91. The molecule has 0 aliphatic rings. The Kier molecular flexibility index (Phi) is 4.79. The maximum absolute atomic E-state index is 11.9. The number of hydrogen-bond acceptors (Lipinski definition) is 4. The van der Waals surface area contributed by atoms with Crippen LogP contribution < -0.4 is 5.73 Å². The first kappa shape index (κ1) is 14.1. The molecule has 0 aliphatic carbocycles. The molecule has 1 amide bonds. The average molecular weight is 251 g/mol. The minimum atomic E-state index is -1.06. The Morgan fingerprint density at radius 2 is 2.17 bits per heavy atom. The fraction of sp³-hybridized carbons (Fsp3) is 0.417. The molecule has 1 aromatic heterocycles. The lowest BCUT2D eigenvalue weighted by atomic mass is 10.2. The molecular formula is C12H17N3O3. The van der Waals surface area contributed by atoms with Crippen molar-refractivity contribution < 1.29 is 14.7 Å². The monoisotopic (exact) mass is 251 g/mol. The summed E-state index contributed by atoms with van der Waals surface area (Å²) in [6.45, 7) is 3.17. The quantitative estimate of drug-likeness (QED) is 0.781. The minimum Gasteiger partial charge on any atom is -0.480 e. The number of pyridine rings is 1. The molecule has 6 heteroatoms. The number of aliphatic carboxylic acids is 1. The van der Waals surface area contributed by atoms with Crippen molar-refractivity contribution in [3.8, 4) is 0 Å². The molecule has 1 aromatic rings. The summed E-state index contributed by atoms with van der Waals surface area (Å²) < 4.78 is 0. The molecule has 0 unspecified atom stereocenters. The van der Waals surface area contributed by atoms with Gasteiger partial charge in [-0.15, -0.1) is 0 Å². The summed E-state index contributed by atoms with van der Waals surface area (Å²) in [5, 5.41) is 9.01. The van der Waals surface area contributed by atoms with E-state index in [-0.39, 0.29) is 6.54 Å². The zero-order valence-electron chi connectivity index (χ0n) is 10.4. The SMILES string of the molecule is C[C@H](N)C(=O)N(Cc1cccnc1)[C@@H](C)C(=O)O. The molecule has 0 saturated carbocycles. The van der Waals surface area contributed by atoms with E-state index in [9.17, 15) is 9.59 Å².